The largest absolute Gasteiger partial charge is 0.303 e. The van der Waals surface area contributed by atoms with E-state index in [0.717, 1.165) is 0 Å². The van der Waals surface area contributed by atoms with Gasteiger partial charge in [-0.05, 0) is 38.1 Å². The van der Waals surface area contributed by atoms with Crippen LogP contribution < -0.4 is 0 Å². The molecule has 2 rings (SSSR count). The average molecular weight is 208 g/mol. The molecule has 1 aromatic rings. The van der Waals surface area contributed by atoms with Crippen LogP contribution in [0.2, 0.25) is 0 Å². The zero-order valence-corrected chi connectivity index (χ0v) is 9.17. The molecule has 0 aliphatic carbocycles. The summed E-state index contributed by atoms with van der Waals surface area (Å²) in [5, 5.41) is 0. The van der Waals surface area contributed by atoms with Crippen molar-refractivity contribution in [2.75, 3.05) is 25.4 Å². The summed E-state index contributed by atoms with van der Waals surface area (Å²) in [6.07, 6.45) is 6.50. The molecular formula is C11H16N2S. The van der Waals surface area contributed by atoms with Gasteiger partial charge in [0.15, 0.2) is 0 Å². The molecule has 76 valence electrons. The van der Waals surface area contributed by atoms with E-state index < -0.39 is 0 Å². The first-order chi connectivity index (χ1) is 6.95. The SMILES string of the molecule is c1cc(SCCN2CCCC2)ccn1. The zero-order chi connectivity index (χ0) is 9.64. The second kappa shape index (κ2) is 5.37. The van der Waals surface area contributed by atoms with Gasteiger partial charge in [-0.3, -0.25) is 4.98 Å². The third kappa shape index (κ3) is 3.00. The summed E-state index contributed by atoms with van der Waals surface area (Å²) in [5.41, 5.74) is 0. The van der Waals surface area contributed by atoms with Gasteiger partial charge in [-0.1, -0.05) is 0 Å². The lowest BCUT2D eigenvalue weighted by molar-refractivity contribution is 0.362. The van der Waals surface area contributed by atoms with Crippen LogP contribution in [-0.4, -0.2) is 35.3 Å². The van der Waals surface area contributed by atoms with Crippen LogP contribution in [0.1, 0.15) is 12.8 Å². The molecule has 14 heavy (non-hydrogen) atoms. The summed E-state index contributed by atoms with van der Waals surface area (Å²) in [6.45, 7) is 3.83. The van der Waals surface area contributed by atoms with E-state index >= 15 is 0 Å². The van der Waals surface area contributed by atoms with Crippen LogP contribution in [0.3, 0.4) is 0 Å². The smallest absolute Gasteiger partial charge is 0.0278 e. The van der Waals surface area contributed by atoms with Gasteiger partial charge in [0.05, 0.1) is 0 Å². The van der Waals surface area contributed by atoms with Crippen molar-refractivity contribution in [3.05, 3.63) is 24.5 Å². The maximum Gasteiger partial charge on any atom is 0.0278 e. The Kier molecular flexibility index (Phi) is 3.83. The fourth-order valence-corrected chi connectivity index (χ4v) is 2.63. The maximum atomic E-state index is 4.01. The van der Waals surface area contributed by atoms with Crippen LogP contribution in [0.4, 0.5) is 0 Å². The van der Waals surface area contributed by atoms with Gasteiger partial charge < -0.3 is 4.90 Å². The van der Waals surface area contributed by atoms with Crippen molar-refractivity contribution in [1.29, 1.82) is 0 Å². The number of aromatic nitrogens is 1. The molecule has 1 aliphatic rings. The molecule has 0 radical (unpaired) electrons. The lowest BCUT2D eigenvalue weighted by Gasteiger charge is -2.13. The van der Waals surface area contributed by atoms with Gasteiger partial charge in [0.25, 0.3) is 0 Å². The highest BCUT2D eigenvalue weighted by Gasteiger charge is 2.10. The van der Waals surface area contributed by atoms with E-state index in [9.17, 15) is 0 Å². The minimum atomic E-state index is 1.20. The Morgan fingerprint density at radius 2 is 1.93 bits per heavy atom. The molecule has 0 bridgehead atoms. The van der Waals surface area contributed by atoms with Gasteiger partial charge in [0.1, 0.15) is 0 Å². The van der Waals surface area contributed by atoms with Gasteiger partial charge in [-0.25, -0.2) is 0 Å². The Labute approximate surface area is 89.7 Å². The maximum absolute atomic E-state index is 4.01. The lowest BCUT2D eigenvalue weighted by Crippen LogP contribution is -2.21. The average Bonchev–Trinajstić information content (AvgIpc) is 2.72. The monoisotopic (exact) mass is 208 g/mol. The van der Waals surface area contributed by atoms with Crippen LogP contribution in [-0.2, 0) is 0 Å². The van der Waals surface area contributed by atoms with Crippen molar-refractivity contribution in [1.82, 2.24) is 9.88 Å². The van der Waals surface area contributed by atoms with Crippen LogP contribution >= 0.6 is 11.8 Å². The number of likely N-dealkylation sites (tertiary alicyclic amines) is 1. The van der Waals surface area contributed by atoms with E-state index in [-0.39, 0.29) is 0 Å². The number of thioether (sulfide) groups is 1. The van der Waals surface area contributed by atoms with Crippen molar-refractivity contribution in [3.63, 3.8) is 0 Å². The molecule has 0 saturated carbocycles. The molecular weight excluding hydrogens is 192 g/mol. The minimum Gasteiger partial charge on any atom is -0.303 e. The zero-order valence-electron chi connectivity index (χ0n) is 8.35. The summed E-state index contributed by atoms with van der Waals surface area (Å²) in [4.78, 5) is 7.89. The molecule has 0 spiro atoms. The van der Waals surface area contributed by atoms with E-state index in [2.05, 4.69) is 22.0 Å². The predicted octanol–water partition coefficient (Wildman–Crippen LogP) is 2.27. The van der Waals surface area contributed by atoms with E-state index in [4.69, 9.17) is 0 Å². The molecule has 1 fully saturated rings. The number of pyridine rings is 1. The van der Waals surface area contributed by atoms with Crippen LogP contribution in [0.25, 0.3) is 0 Å². The van der Waals surface area contributed by atoms with Crippen molar-refractivity contribution in [2.24, 2.45) is 0 Å². The topological polar surface area (TPSA) is 16.1 Å². The third-order valence-corrected chi connectivity index (χ3v) is 3.52. The number of rotatable bonds is 4. The summed E-state index contributed by atoms with van der Waals surface area (Å²) >= 11 is 1.93. The van der Waals surface area contributed by atoms with Crippen molar-refractivity contribution < 1.29 is 0 Å². The molecule has 3 heteroatoms. The van der Waals surface area contributed by atoms with Gasteiger partial charge >= 0.3 is 0 Å². The highest BCUT2D eigenvalue weighted by atomic mass is 32.2. The fourth-order valence-electron chi connectivity index (χ4n) is 1.73. The van der Waals surface area contributed by atoms with E-state index in [1.165, 1.54) is 43.1 Å². The van der Waals surface area contributed by atoms with Crippen LogP contribution in [0.5, 0.6) is 0 Å². The number of hydrogen-bond donors (Lipinski definition) is 0. The summed E-state index contributed by atoms with van der Waals surface area (Å²) < 4.78 is 0. The minimum absolute atomic E-state index is 1.20. The van der Waals surface area contributed by atoms with Crippen molar-refractivity contribution >= 4 is 11.8 Å². The molecule has 1 aromatic heterocycles. The highest BCUT2D eigenvalue weighted by molar-refractivity contribution is 7.99. The normalized spacial score (nSPS) is 17.4. The molecule has 2 heterocycles. The molecule has 0 aromatic carbocycles. The van der Waals surface area contributed by atoms with E-state index in [1.807, 2.05) is 24.2 Å². The molecule has 0 N–H and O–H groups in total. The molecule has 0 amide bonds. The Bertz CT molecular complexity index is 257. The van der Waals surface area contributed by atoms with Crippen molar-refractivity contribution in [3.8, 4) is 0 Å². The Morgan fingerprint density at radius 3 is 2.64 bits per heavy atom. The molecule has 1 aliphatic heterocycles. The first-order valence-electron chi connectivity index (χ1n) is 5.20. The van der Waals surface area contributed by atoms with Crippen LogP contribution in [0.15, 0.2) is 29.4 Å². The number of hydrogen-bond acceptors (Lipinski definition) is 3. The van der Waals surface area contributed by atoms with Gasteiger partial charge in [0.2, 0.25) is 0 Å². The van der Waals surface area contributed by atoms with Gasteiger partial charge in [-0.15, -0.1) is 11.8 Å². The Hall–Kier alpha value is -0.540. The fraction of sp³-hybridized carbons (Fsp3) is 0.545. The summed E-state index contributed by atoms with van der Waals surface area (Å²) in [5.74, 6) is 1.20. The first-order valence-corrected chi connectivity index (χ1v) is 6.19. The number of nitrogens with zero attached hydrogens (tertiary/aromatic N) is 2. The predicted molar refractivity (Wildman–Crippen MR) is 60.6 cm³/mol. The molecule has 0 atom stereocenters. The highest BCUT2D eigenvalue weighted by Crippen LogP contribution is 2.17. The third-order valence-electron chi connectivity index (χ3n) is 2.52. The second-order valence-corrected chi connectivity index (χ2v) is 4.75. The summed E-state index contributed by atoms with van der Waals surface area (Å²) in [6, 6.07) is 4.16. The standard InChI is InChI=1S/C11H16N2S/c1-2-8-13(7-1)9-10-14-11-3-5-12-6-4-11/h3-6H,1-2,7-10H2. The van der Waals surface area contributed by atoms with Crippen molar-refractivity contribution in [2.45, 2.75) is 17.7 Å². The second-order valence-electron chi connectivity index (χ2n) is 3.58. The molecule has 1 saturated heterocycles. The van der Waals surface area contributed by atoms with Gasteiger partial charge in [-0.2, -0.15) is 0 Å². The molecule has 0 unspecified atom stereocenters. The quantitative estimate of drug-likeness (QED) is 0.706. The Morgan fingerprint density at radius 1 is 1.21 bits per heavy atom. The van der Waals surface area contributed by atoms with Gasteiger partial charge in [0, 0.05) is 29.6 Å². The molecule has 2 nitrogen and oxygen atoms in total. The van der Waals surface area contributed by atoms with Crippen LogP contribution in [0, 0.1) is 0 Å². The first kappa shape index (κ1) is 9.99. The summed E-state index contributed by atoms with van der Waals surface area (Å²) in [7, 11) is 0. The lowest BCUT2D eigenvalue weighted by atomic mass is 10.4. The Balaban J connectivity index is 1.67. The van der Waals surface area contributed by atoms with E-state index in [1.54, 1.807) is 0 Å². The van der Waals surface area contributed by atoms with E-state index in [0.29, 0.717) is 0 Å².